The van der Waals surface area contributed by atoms with Crippen LogP contribution in [-0.2, 0) is 4.74 Å². The highest BCUT2D eigenvalue weighted by Crippen LogP contribution is 2.38. The van der Waals surface area contributed by atoms with Gasteiger partial charge in [0, 0.05) is 25.5 Å². The van der Waals surface area contributed by atoms with Gasteiger partial charge in [-0.05, 0) is 91.3 Å². The molecule has 0 bridgehead atoms. The predicted molar refractivity (Wildman–Crippen MR) is 138 cm³/mol. The molecule has 3 N–H and O–H groups in total. The molecule has 0 spiro atoms. The van der Waals surface area contributed by atoms with Crippen LogP contribution in [0.5, 0.6) is 0 Å². The fourth-order valence-corrected chi connectivity index (χ4v) is 5.77. The van der Waals surface area contributed by atoms with Crippen LogP contribution in [0.2, 0.25) is 0 Å². The first-order valence-corrected chi connectivity index (χ1v) is 12.9. The molecule has 2 aromatic heterocycles. The lowest BCUT2D eigenvalue weighted by Gasteiger charge is -2.32. The summed E-state index contributed by atoms with van der Waals surface area (Å²) < 4.78 is 35.6. The van der Waals surface area contributed by atoms with E-state index >= 15 is 8.78 Å². The zero-order valence-corrected chi connectivity index (χ0v) is 20.9. The van der Waals surface area contributed by atoms with Crippen LogP contribution in [0.25, 0.3) is 11.3 Å². The summed E-state index contributed by atoms with van der Waals surface area (Å²) in [6, 6.07) is 9.40. The monoisotopic (exact) mass is 506 g/mol. The number of carbonyl (C=O) groups excluding carboxylic acids is 1. The van der Waals surface area contributed by atoms with Crippen molar-refractivity contribution in [3.63, 3.8) is 0 Å². The molecule has 2 fully saturated rings. The number of amides is 1. The molecular formula is C29H32F2N4O2. The van der Waals surface area contributed by atoms with Crippen molar-refractivity contribution in [2.75, 3.05) is 18.5 Å². The van der Waals surface area contributed by atoms with Crippen LogP contribution in [0.15, 0.2) is 48.8 Å². The fraction of sp³-hybridized carbons (Fsp3) is 0.414. The van der Waals surface area contributed by atoms with E-state index in [1.165, 1.54) is 24.3 Å². The van der Waals surface area contributed by atoms with Gasteiger partial charge in [0.15, 0.2) is 0 Å². The third-order valence-electron chi connectivity index (χ3n) is 7.52. The van der Waals surface area contributed by atoms with Gasteiger partial charge in [0.25, 0.3) is 5.91 Å². The Bertz CT molecular complexity index is 1250. The van der Waals surface area contributed by atoms with Gasteiger partial charge in [0.1, 0.15) is 17.3 Å². The van der Waals surface area contributed by atoms with Crippen LogP contribution in [0.3, 0.4) is 0 Å². The van der Waals surface area contributed by atoms with Gasteiger partial charge in [-0.25, -0.2) is 13.8 Å². The molecular weight excluding hydrogens is 474 g/mol. The summed E-state index contributed by atoms with van der Waals surface area (Å²) in [7, 11) is 0. The Morgan fingerprint density at radius 2 is 1.81 bits per heavy atom. The van der Waals surface area contributed by atoms with Crippen molar-refractivity contribution in [3.05, 3.63) is 77.2 Å². The van der Waals surface area contributed by atoms with Gasteiger partial charge < -0.3 is 15.8 Å². The number of nitrogens with zero attached hydrogens (tertiary/aromatic N) is 2. The lowest BCUT2D eigenvalue weighted by Crippen LogP contribution is -2.31. The molecule has 6 nitrogen and oxygen atoms in total. The van der Waals surface area contributed by atoms with Gasteiger partial charge in [-0.1, -0.05) is 13.0 Å². The summed E-state index contributed by atoms with van der Waals surface area (Å²) in [5.41, 5.74) is 8.37. The molecule has 1 aliphatic carbocycles. The fourth-order valence-electron chi connectivity index (χ4n) is 5.77. The number of nitrogens with one attached hydrogen (secondary N) is 1. The number of rotatable bonds is 5. The quantitative estimate of drug-likeness (QED) is 0.457. The Hall–Kier alpha value is -3.23. The van der Waals surface area contributed by atoms with E-state index in [9.17, 15) is 4.79 Å². The van der Waals surface area contributed by atoms with E-state index in [1.807, 2.05) is 6.07 Å². The highest BCUT2D eigenvalue weighted by Gasteiger charge is 2.28. The molecule has 3 atom stereocenters. The molecule has 1 aromatic carbocycles. The minimum Gasteiger partial charge on any atom is -0.381 e. The smallest absolute Gasteiger partial charge is 0.274 e. The Kier molecular flexibility index (Phi) is 7.58. The molecule has 3 heterocycles. The number of hydrogen-bond donors (Lipinski definition) is 2. The maximum Gasteiger partial charge on any atom is 0.274 e. The molecule has 0 radical (unpaired) electrons. The summed E-state index contributed by atoms with van der Waals surface area (Å²) in [6.07, 6.45) is 7.61. The van der Waals surface area contributed by atoms with Crippen molar-refractivity contribution in [1.29, 1.82) is 0 Å². The minimum atomic E-state index is -0.691. The SMILES string of the molecule is C[C@@H]1C[C@@H](N)C[C@H](c2ccncc2NC(=O)c2cccc(-c3c(F)cc(C4CCOCC4)cc3F)n2)C1. The molecule has 1 amide bonds. The maximum absolute atomic E-state index is 15.1. The molecule has 1 saturated heterocycles. The Morgan fingerprint density at radius 1 is 1.05 bits per heavy atom. The van der Waals surface area contributed by atoms with Crippen molar-refractivity contribution in [2.45, 2.75) is 56.9 Å². The maximum atomic E-state index is 15.1. The molecule has 0 unspecified atom stereocenters. The largest absolute Gasteiger partial charge is 0.381 e. The Labute approximate surface area is 215 Å². The van der Waals surface area contributed by atoms with Crippen molar-refractivity contribution in [1.82, 2.24) is 9.97 Å². The topological polar surface area (TPSA) is 90.1 Å². The van der Waals surface area contributed by atoms with E-state index in [0.29, 0.717) is 30.4 Å². The van der Waals surface area contributed by atoms with E-state index in [-0.39, 0.29) is 34.8 Å². The van der Waals surface area contributed by atoms with Crippen molar-refractivity contribution in [2.24, 2.45) is 11.7 Å². The number of anilines is 1. The second-order valence-corrected chi connectivity index (χ2v) is 10.3. The van der Waals surface area contributed by atoms with Crippen LogP contribution in [0.4, 0.5) is 14.5 Å². The molecule has 2 aliphatic rings. The number of hydrogen-bond acceptors (Lipinski definition) is 5. The van der Waals surface area contributed by atoms with Gasteiger partial charge >= 0.3 is 0 Å². The van der Waals surface area contributed by atoms with E-state index < -0.39 is 17.5 Å². The standard InChI is InChI=1S/C29H32F2N4O2/c1-17-11-20(13-21(32)12-17)22-5-8-33-16-27(22)35-29(36)26-4-2-3-25(34-26)28-23(30)14-19(15-24(28)31)18-6-9-37-10-7-18/h2-5,8,14-18,20-21H,6-7,9-13,32H2,1H3,(H,35,36)/t17-,20+,21+/m0/s1. The number of nitrogens with two attached hydrogens (primary N) is 1. The van der Waals surface area contributed by atoms with E-state index in [2.05, 4.69) is 22.2 Å². The first-order chi connectivity index (χ1) is 17.9. The molecule has 194 valence electrons. The molecule has 1 aliphatic heterocycles. The normalized spacial score (nSPS) is 22.5. The second kappa shape index (κ2) is 11.0. The first-order valence-electron chi connectivity index (χ1n) is 12.9. The van der Waals surface area contributed by atoms with Crippen LogP contribution in [0, 0.1) is 17.6 Å². The number of aromatic nitrogens is 2. The second-order valence-electron chi connectivity index (χ2n) is 10.3. The number of carbonyl (C=O) groups is 1. The number of benzene rings is 1. The zero-order chi connectivity index (χ0) is 25.9. The van der Waals surface area contributed by atoms with Gasteiger partial charge in [0.05, 0.1) is 23.1 Å². The molecule has 1 saturated carbocycles. The van der Waals surface area contributed by atoms with E-state index in [4.69, 9.17) is 10.5 Å². The van der Waals surface area contributed by atoms with E-state index in [1.54, 1.807) is 18.5 Å². The lowest BCUT2D eigenvalue weighted by atomic mass is 9.76. The number of halogens is 2. The van der Waals surface area contributed by atoms with Crippen molar-refractivity contribution < 1.29 is 18.3 Å². The number of pyridine rings is 2. The van der Waals surface area contributed by atoms with Crippen LogP contribution < -0.4 is 11.1 Å². The van der Waals surface area contributed by atoms with Crippen molar-refractivity contribution in [3.8, 4) is 11.3 Å². The molecule has 8 heteroatoms. The van der Waals surface area contributed by atoms with Crippen LogP contribution in [0.1, 0.15) is 72.5 Å². The third kappa shape index (κ3) is 5.70. The Balaban J connectivity index is 1.38. The van der Waals surface area contributed by atoms with Gasteiger partial charge in [-0.3, -0.25) is 9.78 Å². The highest BCUT2D eigenvalue weighted by molar-refractivity contribution is 6.03. The summed E-state index contributed by atoms with van der Waals surface area (Å²) in [5, 5.41) is 2.91. The molecule has 5 rings (SSSR count). The zero-order valence-electron chi connectivity index (χ0n) is 20.9. The van der Waals surface area contributed by atoms with E-state index in [0.717, 1.165) is 37.7 Å². The minimum absolute atomic E-state index is 0.0623. The lowest BCUT2D eigenvalue weighted by molar-refractivity contribution is 0.0852. The highest BCUT2D eigenvalue weighted by atomic mass is 19.1. The summed E-state index contributed by atoms with van der Waals surface area (Å²) in [5.74, 6) is -1.08. The summed E-state index contributed by atoms with van der Waals surface area (Å²) in [6.45, 7) is 3.36. The van der Waals surface area contributed by atoms with Crippen LogP contribution >= 0.6 is 0 Å². The first kappa shape index (κ1) is 25.4. The van der Waals surface area contributed by atoms with Gasteiger partial charge in [-0.15, -0.1) is 0 Å². The summed E-state index contributed by atoms with van der Waals surface area (Å²) in [4.78, 5) is 21.7. The average molecular weight is 507 g/mol. The van der Waals surface area contributed by atoms with Gasteiger partial charge in [0.2, 0.25) is 0 Å². The third-order valence-corrected chi connectivity index (χ3v) is 7.52. The number of ether oxygens (including phenoxy) is 1. The molecule has 37 heavy (non-hydrogen) atoms. The van der Waals surface area contributed by atoms with Crippen LogP contribution in [-0.4, -0.2) is 35.1 Å². The summed E-state index contributed by atoms with van der Waals surface area (Å²) >= 11 is 0. The predicted octanol–water partition coefficient (Wildman–Crippen LogP) is 5.80. The molecule has 3 aromatic rings. The Morgan fingerprint density at radius 3 is 2.54 bits per heavy atom. The van der Waals surface area contributed by atoms with Gasteiger partial charge in [-0.2, -0.15) is 0 Å². The average Bonchev–Trinajstić information content (AvgIpc) is 2.89. The van der Waals surface area contributed by atoms with Crippen molar-refractivity contribution >= 4 is 11.6 Å².